The van der Waals surface area contributed by atoms with E-state index in [2.05, 4.69) is 4.72 Å². The number of ether oxygens (including phenoxy) is 1. The van der Waals surface area contributed by atoms with Gasteiger partial charge in [-0.3, -0.25) is 4.72 Å². The second-order valence-electron chi connectivity index (χ2n) is 3.72. The Labute approximate surface area is 95.1 Å². The summed E-state index contributed by atoms with van der Waals surface area (Å²) in [4.78, 5) is 0. The van der Waals surface area contributed by atoms with Crippen LogP contribution in [0.5, 0.6) is 11.5 Å². The highest BCUT2D eigenvalue weighted by molar-refractivity contribution is 7.92. The van der Waals surface area contributed by atoms with E-state index >= 15 is 0 Å². The molecule has 0 amide bonds. The van der Waals surface area contributed by atoms with Gasteiger partial charge in [-0.25, -0.2) is 8.42 Å². The first-order chi connectivity index (χ1) is 7.28. The number of benzene rings is 1. The van der Waals surface area contributed by atoms with Crippen molar-refractivity contribution in [1.29, 1.82) is 0 Å². The minimum Gasteiger partial charge on any atom is -0.508 e. The van der Waals surface area contributed by atoms with E-state index in [1.165, 1.54) is 18.2 Å². The van der Waals surface area contributed by atoms with Crippen LogP contribution in [0.3, 0.4) is 0 Å². The van der Waals surface area contributed by atoms with Crippen LogP contribution >= 0.6 is 0 Å². The highest BCUT2D eigenvalue weighted by atomic mass is 32.2. The molecule has 0 aliphatic carbocycles. The van der Waals surface area contributed by atoms with Gasteiger partial charge in [-0.15, -0.1) is 0 Å². The molecule has 0 radical (unpaired) electrons. The van der Waals surface area contributed by atoms with Crippen LogP contribution in [0, 0.1) is 0 Å². The third kappa shape index (κ3) is 3.98. The summed E-state index contributed by atoms with van der Waals surface area (Å²) in [5, 5.41) is 9.28. The largest absolute Gasteiger partial charge is 0.508 e. The monoisotopic (exact) mass is 245 g/mol. The number of nitrogens with one attached hydrogen (secondary N) is 1. The minimum atomic E-state index is -3.39. The van der Waals surface area contributed by atoms with Gasteiger partial charge in [-0.1, -0.05) is 0 Å². The molecular weight excluding hydrogens is 230 g/mol. The highest BCUT2D eigenvalue weighted by Crippen LogP contribution is 2.30. The molecule has 0 atom stereocenters. The lowest BCUT2D eigenvalue weighted by Gasteiger charge is -2.14. The van der Waals surface area contributed by atoms with E-state index in [1.807, 2.05) is 13.8 Å². The summed E-state index contributed by atoms with van der Waals surface area (Å²) >= 11 is 0. The first-order valence-corrected chi connectivity index (χ1v) is 6.64. The molecule has 2 N–H and O–H groups in total. The Morgan fingerprint density at radius 2 is 2.00 bits per heavy atom. The third-order valence-electron chi connectivity index (χ3n) is 1.62. The minimum absolute atomic E-state index is 0.0257. The van der Waals surface area contributed by atoms with E-state index < -0.39 is 10.0 Å². The van der Waals surface area contributed by atoms with Crippen molar-refractivity contribution in [2.75, 3.05) is 11.0 Å². The van der Waals surface area contributed by atoms with Crippen molar-refractivity contribution in [3.63, 3.8) is 0 Å². The van der Waals surface area contributed by atoms with Gasteiger partial charge in [0, 0.05) is 6.07 Å². The first kappa shape index (κ1) is 12.6. The van der Waals surface area contributed by atoms with Crippen molar-refractivity contribution in [1.82, 2.24) is 0 Å². The SMILES string of the molecule is CC(C)Oc1ccc(O)cc1NS(C)(=O)=O. The first-order valence-electron chi connectivity index (χ1n) is 4.75. The normalized spacial score (nSPS) is 11.5. The molecule has 0 saturated carbocycles. The van der Waals surface area contributed by atoms with Crippen LogP contribution in [-0.2, 0) is 10.0 Å². The molecule has 1 rings (SSSR count). The molecule has 6 heteroatoms. The fourth-order valence-corrected chi connectivity index (χ4v) is 1.71. The van der Waals surface area contributed by atoms with Gasteiger partial charge in [0.05, 0.1) is 18.0 Å². The summed E-state index contributed by atoms with van der Waals surface area (Å²) in [6, 6.07) is 4.26. The van der Waals surface area contributed by atoms with Gasteiger partial charge >= 0.3 is 0 Å². The predicted molar refractivity (Wildman–Crippen MR) is 62.3 cm³/mol. The Balaban J connectivity index is 3.08. The van der Waals surface area contributed by atoms with Crippen LogP contribution in [0.1, 0.15) is 13.8 Å². The molecule has 0 unspecified atom stereocenters. The van der Waals surface area contributed by atoms with Gasteiger partial charge in [-0.2, -0.15) is 0 Å². The summed E-state index contributed by atoms with van der Waals surface area (Å²) in [5.41, 5.74) is 0.233. The predicted octanol–water partition coefficient (Wildman–Crippen LogP) is 1.55. The lowest BCUT2D eigenvalue weighted by molar-refractivity contribution is 0.243. The summed E-state index contributed by atoms with van der Waals surface area (Å²) < 4.78 is 29.9. The lowest BCUT2D eigenvalue weighted by Crippen LogP contribution is -2.13. The van der Waals surface area contributed by atoms with E-state index in [9.17, 15) is 13.5 Å². The van der Waals surface area contributed by atoms with Crippen molar-refractivity contribution < 1.29 is 18.3 Å². The van der Waals surface area contributed by atoms with E-state index in [0.29, 0.717) is 5.75 Å². The molecule has 90 valence electrons. The maximum absolute atomic E-state index is 11.1. The van der Waals surface area contributed by atoms with E-state index in [-0.39, 0.29) is 17.5 Å². The third-order valence-corrected chi connectivity index (χ3v) is 2.21. The van der Waals surface area contributed by atoms with Crippen molar-refractivity contribution in [2.24, 2.45) is 0 Å². The molecule has 0 saturated heterocycles. The molecule has 0 aromatic heterocycles. The number of anilines is 1. The second kappa shape index (κ2) is 4.61. The molecule has 1 aromatic rings. The fourth-order valence-electron chi connectivity index (χ4n) is 1.15. The number of rotatable bonds is 4. The Hall–Kier alpha value is -1.43. The molecule has 0 aliphatic heterocycles. The summed E-state index contributed by atoms with van der Waals surface area (Å²) in [7, 11) is -3.39. The quantitative estimate of drug-likeness (QED) is 0.844. The second-order valence-corrected chi connectivity index (χ2v) is 5.47. The van der Waals surface area contributed by atoms with E-state index in [1.54, 1.807) is 0 Å². The Morgan fingerprint density at radius 3 is 2.50 bits per heavy atom. The maximum atomic E-state index is 11.1. The molecule has 0 spiro atoms. The molecule has 1 aromatic carbocycles. The van der Waals surface area contributed by atoms with Gasteiger partial charge in [0.2, 0.25) is 10.0 Å². The van der Waals surface area contributed by atoms with Crippen LogP contribution in [0.25, 0.3) is 0 Å². The molecular formula is C10H15NO4S. The van der Waals surface area contributed by atoms with Crippen LogP contribution in [0.15, 0.2) is 18.2 Å². The maximum Gasteiger partial charge on any atom is 0.229 e. The fraction of sp³-hybridized carbons (Fsp3) is 0.400. The number of phenols is 1. The molecule has 0 heterocycles. The number of aromatic hydroxyl groups is 1. The molecule has 16 heavy (non-hydrogen) atoms. The molecule has 0 aliphatic rings. The smallest absolute Gasteiger partial charge is 0.229 e. The van der Waals surface area contributed by atoms with E-state index in [4.69, 9.17) is 4.74 Å². The number of hydrogen-bond donors (Lipinski definition) is 2. The van der Waals surface area contributed by atoms with Crippen molar-refractivity contribution >= 4 is 15.7 Å². The van der Waals surface area contributed by atoms with Crippen LogP contribution in [0.2, 0.25) is 0 Å². The number of sulfonamides is 1. The molecule has 0 fully saturated rings. The molecule has 5 nitrogen and oxygen atoms in total. The van der Waals surface area contributed by atoms with Crippen molar-refractivity contribution in [3.05, 3.63) is 18.2 Å². The standard InChI is InChI=1S/C10H15NO4S/c1-7(2)15-10-5-4-8(12)6-9(10)11-16(3,13)14/h4-7,11-12H,1-3H3. The van der Waals surface area contributed by atoms with Crippen LogP contribution in [0.4, 0.5) is 5.69 Å². The summed E-state index contributed by atoms with van der Waals surface area (Å²) in [6.45, 7) is 3.66. The summed E-state index contributed by atoms with van der Waals surface area (Å²) in [5.74, 6) is 0.362. The van der Waals surface area contributed by atoms with Gasteiger partial charge in [-0.05, 0) is 26.0 Å². The van der Waals surface area contributed by atoms with Crippen molar-refractivity contribution in [3.8, 4) is 11.5 Å². The Morgan fingerprint density at radius 1 is 1.38 bits per heavy atom. The van der Waals surface area contributed by atoms with Crippen molar-refractivity contribution in [2.45, 2.75) is 20.0 Å². The van der Waals surface area contributed by atoms with Gasteiger partial charge < -0.3 is 9.84 Å². The average molecular weight is 245 g/mol. The summed E-state index contributed by atoms with van der Waals surface area (Å²) in [6.07, 6.45) is 0.959. The zero-order valence-electron chi connectivity index (χ0n) is 9.39. The average Bonchev–Trinajstić information content (AvgIpc) is 2.06. The zero-order valence-corrected chi connectivity index (χ0v) is 10.2. The van der Waals surface area contributed by atoms with E-state index in [0.717, 1.165) is 6.26 Å². The number of phenolic OH excluding ortho intramolecular Hbond substituents is 1. The van der Waals surface area contributed by atoms with Gasteiger partial charge in [0.15, 0.2) is 0 Å². The Bertz CT molecular complexity index is 468. The Kier molecular flexibility index (Phi) is 3.64. The topological polar surface area (TPSA) is 75.6 Å². The number of hydrogen-bond acceptors (Lipinski definition) is 4. The van der Waals surface area contributed by atoms with Crippen LogP contribution < -0.4 is 9.46 Å². The molecule has 0 bridgehead atoms. The lowest BCUT2D eigenvalue weighted by atomic mass is 10.3. The zero-order chi connectivity index (χ0) is 12.3. The van der Waals surface area contributed by atoms with Crippen LogP contribution in [-0.4, -0.2) is 25.9 Å². The highest BCUT2D eigenvalue weighted by Gasteiger charge is 2.10. The van der Waals surface area contributed by atoms with Gasteiger partial charge in [0.1, 0.15) is 11.5 Å². The van der Waals surface area contributed by atoms with Gasteiger partial charge in [0.25, 0.3) is 0 Å².